The summed E-state index contributed by atoms with van der Waals surface area (Å²) >= 11 is 0. The molecule has 0 bridgehead atoms. The van der Waals surface area contributed by atoms with Gasteiger partial charge >= 0.3 is 0 Å². The molecule has 1 aromatic carbocycles. The number of hydrogen-bond donors (Lipinski definition) is 1. The molecule has 0 saturated carbocycles. The number of benzene rings is 1. The van der Waals surface area contributed by atoms with E-state index in [-0.39, 0.29) is 5.91 Å². The van der Waals surface area contributed by atoms with Crippen LogP contribution in [0.25, 0.3) is 0 Å². The predicted molar refractivity (Wildman–Crippen MR) is 68.9 cm³/mol. The first-order valence-electron chi connectivity index (χ1n) is 6.27. The number of hydrogen-bond acceptors (Lipinski definition) is 2. The van der Waals surface area contributed by atoms with Gasteiger partial charge in [0.15, 0.2) is 0 Å². The van der Waals surface area contributed by atoms with Gasteiger partial charge in [-0.25, -0.2) is 0 Å². The molecule has 0 atom stereocenters. The Morgan fingerprint density at radius 1 is 1.41 bits per heavy atom. The van der Waals surface area contributed by atoms with Crippen molar-refractivity contribution < 1.29 is 4.79 Å². The second-order valence-electron chi connectivity index (χ2n) is 4.60. The van der Waals surface area contributed by atoms with Gasteiger partial charge in [0.2, 0.25) is 5.91 Å². The lowest BCUT2D eigenvalue weighted by atomic mass is 10.0. The standard InChI is InChI=1S/C14H20N2O/c1-3-16(13-9-15-10-13)14(17)8-12-7-5-4-6-11(12)2/h4-7,13,15H,3,8-10H2,1-2H3. The van der Waals surface area contributed by atoms with Crippen molar-refractivity contribution in [3.8, 4) is 0 Å². The lowest BCUT2D eigenvalue weighted by Crippen LogP contribution is -2.59. The molecule has 1 N–H and O–H groups in total. The summed E-state index contributed by atoms with van der Waals surface area (Å²) in [7, 11) is 0. The van der Waals surface area contributed by atoms with E-state index in [1.807, 2.05) is 30.0 Å². The number of rotatable bonds is 4. The van der Waals surface area contributed by atoms with Crippen molar-refractivity contribution in [3.63, 3.8) is 0 Å². The minimum Gasteiger partial charge on any atom is -0.337 e. The molecule has 0 aliphatic carbocycles. The molecule has 1 heterocycles. The van der Waals surface area contributed by atoms with Crippen molar-refractivity contribution in [2.75, 3.05) is 19.6 Å². The first kappa shape index (κ1) is 12.1. The van der Waals surface area contributed by atoms with Crippen LogP contribution >= 0.6 is 0 Å². The number of amides is 1. The highest BCUT2D eigenvalue weighted by Gasteiger charge is 2.27. The molecular formula is C14H20N2O. The van der Waals surface area contributed by atoms with Crippen LogP contribution in [0.1, 0.15) is 18.1 Å². The molecule has 1 fully saturated rings. The topological polar surface area (TPSA) is 32.3 Å². The third-order valence-electron chi connectivity index (χ3n) is 3.46. The smallest absolute Gasteiger partial charge is 0.227 e. The van der Waals surface area contributed by atoms with Gasteiger partial charge in [0.25, 0.3) is 0 Å². The second kappa shape index (κ2) is 5.32. The Bertz CT molecular complexity index is 399. The number of aryl methyl sites for hydroxylation is 1. The number of nitrogens with zero attached hydrogens (tertiary/aromatic N) is 1. The van der Waals surface area contributed by atoms with Crippen LogP contribution in [0.2, 0.25) is 0 Å². The third-order valence-corrected chi connectivity index (χ3v) is 3.46. The zero-order valence-electron chi connectivity index (χ0n) is 10.6. The quantitative estimate of drug-likeness (QED) is 0.850. The van der Waals surface area contributed by atoms with Crippen LogP contribution in [0, 0.1) is 6.92 Å². The Morgan fingerprint density at radius 2 is 2.12 bits per heavy atom. The molecule has 1 aromatic rings. The summed E-state index contributed by atoms with van der Waals surface area (Å²) in [4.78, 5) is 14.2. The van der Waals surface area contributed by atoms with Crippen molar-refractivity contribution in [1.29, 1.82) is 0 Å². The van der Waals surface area contributed by atoms with E-state index < -0.39 is 0 Å². The average Bonchev–Trinajstić information content (AvgIpc) is 2.26. The summed E-state index contributed by atoms with van der Waals surface area (Å²) in [5.74, 6) is 0.244. The molecule has 0 aromatic heterocycles. The molecule has 0 spiro atoms. The molecule has 1 amide bonds. The normalized spacial score (nSPS) is 15.4. The molecule has 1 saturated heterocycles. The molecule has 17 heavy (non-hydrogen) atoms. The van der Waals surface area contributed by atoms with Crippen LogP contribution in [0.15, 0.2) is 24.3 Å². The summed E-state index contributed by atoms with van der Waals surface area (Å²) in [6.45, 7) is 6.79. The van der Waals surface area contributed by atoms with Crippen LogP contribution in [0.4, 0.5) is 0 Å². The largest absolute Gasteiger partial charge is 0.337 e. The van der Waals surface area contributed by atoms with Crippen molar-refractivity contribution >= 4 is 5.91 Å². The Balaban J connectivity index is 2.02. The Hall–Kier alpha value is -1.35. The fourth-order valence-electron chi connectivity index (χ4n) is 2.20. The van der Waals surface area contributed by atoms with E-state index in [4.69, 9.17) is 0 Å². The van der Waals surface area contributed by atoms with E-state index in [9.17, 15) is 4.79 Å². The maximum Gasteiger partial charge on any atom is 0.227 e. The zero-order valence-corrected chi connectivity index (χ0v) is 10.6. The van der Waals surface area contributed by atoms with Crippen molar-refractivity contribution in [2.45, 2.75) is 26.3 Å². The molecule has 3 heteroatoms. The Kier molecular flexibility index (Phi) is 3.79. The summed E-state index contributed by atoms with van der Waals surface area (Å²) in [5.41, 5.74) is 2.34. The number of likely N-dealkylation sites (N-methyl/N-ethyl adjacent to an activating group) is 1. The van der Waals surface area contributed by atoms with Gasteiger partial charge in [0.1, 0.15) is 0 Å². The third kappa shape index (κ3) is 2.67. The Labute approximate surface area is 103 Å². The van der Waals surface area contributed by atoms with Crippen LogP contribution < -0.4 is 5.32 Å². The second-order valence-corrected chi connectivity index (χ2v) is 4.60. The predicted octanol–water partition coefficient (Wildman–Crippen LogP) is 1.36. The maximum absolute atomic E-state index is 12.2. The molecule has 3 nitrogen and oxygen atoms in total. The van der Waals surface area contributed by atoms with Crippen LogP contribution in [-0.2, 0) is 11.2 Å². The summed E-state index contributed by atoms with van der Waals surface area (Å²) < 4.78 is 0. The van der Waals surface area contributed by atoms with Crippen LogP contribution in [-0.4, -0.2) is 36.5 Å². The summed E-state index contributed by atoms with van der Waals surface area (Å²) in [6, 6.07) is 8.51. The minimum absolute atomic E-state index is 0.244. The van der Waals surface area contributed by atoms with Gasteiger partial charge in [-0.15, -0.1) is 0 Å². The van der Waals surface area contributed by atoms with E-state index in [0.717, 1.165) is 25.2 Å². The highest BCUT2D eigenvalue weighted by Crippen LogP contribution is 2.12. The summed E-state index contributed by atoms with van der Waals surface area (Å²) in [5, 5.41) is 3.21. The van der Waals surface area contributed by atoms with Crippen LogP contribution in [0.3, 0.4) is 0 Å². The fraction of sp³-hybridized carbons (Fsp3) is 0.500. The molecule has 2 rings (SSSR count). The SMILES string of the molecule is CCN(C(=O)Cc1ccccc1C)C1CNC1. The number of carbonyl (C=O) groups excluding carboxylic acids is 1. The van der Waals surface area contributed by atoms with Gasteiger partial charge in [-0.1, -0.05) is 24.3 Å². The molecular weight excluding hydrogens is 212 g/mol. The monoisotopic (exact) mass is 232 g/mol. The van der Waals surface area contributed by atoms with Crippen molar-refractivity contribution in [3.05, 3.63) is 35.4 Å². The summed E-state index contributed by atoms with van der Waals surface area (Å²) in [6.07, 6.45) is 0.525. The highest BCUT2D eigenvalue weighted by atomic mass is 16.2. The lowest BCUT2D eigenvalue weighted by Gasteiger charge is -2.37. The van der Waals surface area contributed by atoms with Gasteiger partial charge in [-0.05, 0) is 25.0 Å². The first-order chi connectivity index (χ1) is 8.22. The Morgan fingerprint density at radius 3 is 2.65 bits per heavy atom. The molecule has 0 radical (unpaired) electrons. The number of nitrogens with one attached hydrogen (secondary N) is 1. The van der Waals surface area contributed by atoms with E-state index in [2.05, 4.69) is 18.3 Å². The van der Waals surface area contributed by atoms with E-state index in [1.54, 1.807) is 0 Å². The van der Waals surface area contributed by atoms with Crippen molar-refractivity contribution in [2.24, 2.45) is 0 Å². The minimum atomic E-state index is 0.244. The molecule has 0 unspecified atom stereocenters. The zero-order chi connectivity index (χ0) is 12.3. The first-order valence-corrected chi connectivity index (χ1v) is 6.27. The average molecular weight is 232 g/mol. The van der Waals surface area contributed by atoms with E-state index >= 15 is 0 Å². The molecule has 92 valence electrons. The van der Waals surface area contributed by atoms with E-state index in [1.165, 1.54) is 5.56 Å². The highest BCUT2D eigenvalue weighted by molar-refractivity contribution is 5.79. The maximum atomic E-state index is 12.2. The molecule has 1 aliphatic heterocycles. The molecule has 1 aliphatic rings. The van der Waals surface area contributed by atoms with Gasteiger partial charge < -0.3 is 10.2 Å². The van der Waals surface area contributed by atoms with E-state index in [0.29, 0.717) is 12.5 Å². The van der Waals surface area contributed by atoms with Gasteiger partial charge in [0.05, 0.1) is 12.5 Å². The fourth-order valence-corrected chi connectivity index (χ4v) is 2.20. The lowest BCUT2D eigenvalue weighted by molar-refractivity contribution is -0.133. The van der Waals surface area contributed by atoms with Gasteiger partial charge in [0, 0.05) is 19.6 Å². The number of carbonyl (C=O) groups is 1. The van der Waals surface area contributed by atoms with Crippen molar-refractivity contribution in [1.82, 2.24) is 10.2 Å². The van der Waals surface area contributed by atoms with Crippen LogP contribution in [0.5, 0.6) is 0 Å². The van der Waals surface area contributed by atoms with Gasteiger partial charge in [-0.2, -0.15) is 0 Å². The van der Waals surface area contributed by atoms with Gasteiger partial charge in [-0.3, -0.25) is 4.79 Å².